The number of fused-ring (bicyclic) bond motifs is 2. The molecule has 0 saturated heterocycles. The Kier molecular flexibility index (Phi) is 9.74. The van der Waals surface area contributed by atoms with Crippen LogP contribution in [0.4, 0.5) is 0 Å². The Labute approximate surface area is 257 Å². The molecule has 2 aromatic heterocycles. The zero-order chi connectivity index (χ0) is 26.8. The van der Waals surface area contributed by atoms with Crippen LogP contribution in [-0.4, -0.2) is 18.9 Å². The van der Waals surface area contributed by atoms with Crippen molar-refractivity contribution < 1.29 is 17.3 Å². The van der Waals surface area contributed by atoms with E-state index in [1.54, 1.807) is 0 Å². The van der Waals surface area contributed by atoms with Crippen molar-refractivity contribution in [3.63, 3.8) is 0 Å². The molecule has 2 aromatic carbocycles. The lowest BCUT2D eigenvalue weighted by atomic mass is 10.0. The van der Waals surface area contributed by atoms with Gasteiger partial charge in [0.1, 0.15) is 22.7 Å². The molecule has 2 heterocycles. The molecule has 8 heteroatoms. The standard InChI is InChI=1S/2C15H17IO2S/c2*1-10-15(19(17)12-5-3-2-4-6-12)13-9-11(16)7-8-14(13)18-10/h2*7-9,12H,2-6H2,1H3/t2*19-/m11/s1. The third-order valence-electron chi connectivity index (χ3n) is 7.65. The predicted octanol–water partition coefficient (Wildman–Crippen LogP) is 9.57. The van der Waals surface area contributed by atoms with Crippen molar-refractivity contribution in [2.75, 3.05) is 0 Å². The number of rotatable bonds is 4. The van der Waals surface area contributed by atoms with E-state index in [-0.39, 0.29) is 0 Å². The lowest BCUT2D eigenvalue weighted by molar-refractivity contribution is 0.503. The molecule has 2 fully saturated rings. The first-order valence-electron chi connectivity index (χ1n) is 13.5. The fraction of sp³-hybridized carbons (Fsp3) is 0.467. The zero-order valence-corrected chi connectivity index (χ0v) is 27.8. The second-order valence-electron chi connectivity index (χ2n) is 10.4. The second kappa shape index (κ2) is 12.9. The Morgan fingerprint density at radius 3 is 1.37 bits per heavy atom. The van der Waals surface area contributed by atoms with Crippen molar-refractivity contribution >= 4 is 88.7 Å². The summed E-state index contributed by atoms with van der Waals surface area (Å²) in [7, 11) is -1.86. The van der Waals surface area contributed by atoms with Gasteiger partial charge in [-0.1, -0.05) is 38.5 Å². The normalized spacial score (nSPS) is 18.8. The third-order valence-corrected chi connectivity index (χ3v) is 13.0. The Bertz CT molecular complexity index is 1360. The van der Waals surface area contributed by atoms with Gasteiger partial charge in [0.2, 0.25) is 0 Å². The molecule has 0 unspecified atom stereocenters. The average Bonchev–Trinajstić information content (AvgIpc) is 3.43. The van der Waals surface area contributed by atoms with Gasteiger partial charge in [0, 0.05) is 28.4 Å². The monoisotopic (exact) mass is 776 g/mol. The molecule has 0 radical (unpaired) electrons. The maximum atomic E-state index is 12.9. The van der Waals surface area contributed by atoms with Crippen molar-refractivity contribution in [1.29, 1.82) is 0 Å². The molecule has 2 aliphatic rings. The topological polar surface area (TPSA) is 60.4 Å². The lowest BCUT2D eigenvalue weighted by Crippen LogP contribution is -2.19. The highest BCUT2D eigenvalue weighted by Crippen LogP contribution is 2.35. The van der Waals surface area contributed by atoms with Crippen molar-refractivity contribution in [2.45, 2.75) is 98.3 Å². The van der Waals surface area contributed by atoms with E-state index >= 15 is 0 Å². The highest BCUT2D eigenvalue weighted by molar-refractivity contribution is 14.1. The first-order valence-corrected chi connectivity index (χ1v) is 18.1. The summed E-state index contributed by atoms with van der Waals surface area (Å²) in [5.41, 5.74) is 1.72. The lowest BCUT2D eigenvalue weighted by Gasteiger charge is -2.20. The fourth-order valence-electron chi connectivity index (χ4n) is 5.73. The van der Waals surface area contributed by atoms with E-state index in [2.05, 4.69) is 57.3 Å². The summed E-state index contributed by atoms with van der Waals surface area (Å²) in [5.74, 6) is 1.64. The van der Waals surface area contributed by atoms with Crippen LogP contribution >= 0.6 is 45.2 Å². The number of hydrogen-bond donors (Lipinski definition) is 0. The summed E-state index contributed by atoms with van der Waals surface area (Å²) in [4.78, 5) is 1.86. The highest BCUT2D eigenvalue weighted by Gasteiger charge is 2.27. The van der Waals surface area contributed by atoms with Crippen molar-refractivity contribution in [1.82, 2.24) is 0 Å². The molecule has 0 N–H and O–H groups in total. The molecule has 6 rings (SSSR count). The van der Waals surface area contributed by atoms with Crippen LogP contribution in [0.1, 0.15) is 75.7 Å². The minimum atomic E-state index is -0.930. The van der Waals surface area contributed by atoms with Crippen LogP contribution in [0.5, 0.6) is 0 Å². The van der Waals surface area contributed by atoms with E-state index in [1.165, 1.54) is 38.5 Å². The summed E-state index contributed by atoms with van der Waals surface area (Å²) < 4.78 is 39.6. The van der Waals surface area contributed by atoms with Gasteiger partial charge in [-0.2, -0.15) is 0 Å². The Hall–Kier alpha value is -0.720. The van der Waals surface area contributed by atoms with Gasteiger partial charge in [0.05, 0.1) is 31.4 Å². The van der Waals surface area contributed by atoms with Crippen molar-refractivity contribution in [3.05, 3.63) is 55.1 Å². The van der Waals surface area contributed by atoms with Crippen LogP contribution in [0.15, 0.2) is 55.0 Å². The molecule has 2 atom stereocenters. The summed E-state index contributed by atoms with van der Waals surface area (Å²) >= 11 is 4.58. The third kappa shape index (κ3) is 6.28. The number of benzene rings is 2. The molecule has 4 nitrogen and oxygen atoms in total. The van der Waals surface area contributed by atoms with Crippen LogP contribution in [0.25, 0.3) is 21.9 Å². The molecule has 0 spiro atoms. The molecular formula is C30H34I2O4S2. The largest absolute Gasteiger partial charge is 0.460 e. The van der Waals surface area contributed by atoms with Gasteiger partial charge in [-0.15, -0.1) is 0 Å². The predicted molar refractivity (Wildman–Crippen MR) is 174 cm³/mol. The minimum Gasteiger partial charge on any atom is -0.460 e. The first-order chi connectivity index (χ1) is 18.3. The van der Waals surface area contributed by atoms with Gasteiger partial charge in [-0.3, -0.25) is 8.42 Å². The number of furan rings is 2. The van der Waals surface area contributed by atoms with Crippen LogP contribution in [0.2, 0.25) is 0 Å². The molecule has 2 aliphatic carbocycles. The first kappa shape index (κ1) is 28.8. The van der Waals surface area contributed by atoms with Crippen molar-refractivity contribution in [2.24, 2.45) is 0 Å². The number of aryl methyl sites for hydroxylation is 2. The van der Waals surface area contributed by atoms with Gasteiger partial charge >= 0.3 is 0 Å². The minimum absolute atomic E-state index is 0.311. The summed E-state index contributed by atoms with van der Waals surface area (Å²) in [6, 6.07) is 12.2. The average molecular weight is 777 g/mol. The van der Waals surface area contributed by atoms with E-state index in [1.807, 2.05) is 38.1 Å². The zero-order valence-electron chi connectivity index (χ0n) is 21.9. The van der Waals surface area contributed by atoms with Crippen LogP contribution in [-0.2, 0) is 21.6 Å². The van der Waals surface area contributed by atoms with Gasteiger partial charge in [0.25, 0.3) is 0 Å². The Balaban J connectivity index is 0.000000155. The number of hydrogen-bond acceptors (Lipinski definition) is 4. The van der Waals surface area contributed by atoms with Crippen LogP contribution in [0, 0.1) is 21.0 Å². The number of halogens is 2. The van der Waals surface area contributed by atoms with E-state index < -0.39 is 21.6 Å². The molecule has 0 amide bonds. The van der Waals surface area contributed by atoms with Crippen LogP contribution < -0.4 is 0 Å². The van der Waals surface area contributed by atoms with Gasteiger partial charge in [0.15, 0.2) is 0 Å². The van der Waals surface area contributed by atoms with E-state index in [0.717, 1.165) is 76.1 Å². The maximum absolute atomic E-state index is 12.9. The van der Waals surface area contributed by atoms with Gasteiger partial charge in [-0.25, -0.2) is 0 Å². The molecule has 38 heavy (non-hydrogen) atoms. The van der Waals surface area contributed by atoms with Gasteiger partial charge < -0.3 is 8.83 Å². The summed E-state index contributed by atoms with van der Waals surface area (Å²) in [5, 5.41) is 2.69. The maximum Gasteiger partial charge on any atom is 0.135 e. The van der Waals surface area contributed by atoms with Crippen LogP contribution in [0.3, 0.4) is 0 Å². The summed E-state index contributed by atoms with van der Waals surface area (Å²) in [6.45, 7) is 3.87. The highest BCUT2D eigenvalue weighted by atomic mass is 127. The molecule has 2 saturated carbocycles. The Morgan fingerprint density at radius 2 is 1.00 bits per heavy atom. The molecule has 204 valence electrons. The van der Waals surface area contributed by atoms with E-state index in [0.29, 0.717) is 10.5 Å². The van der Waals surface area contributed by atoms with Crippen molar-refractivity contribution in [3.8, 4) is 0 Å². The molecular weight excluding hydrogens is 742 g/mol. The van der Waals surface area contributed by atoms with E-state index in [9.17, 15) is 8.42 Å². The SMILES string of the molecule is Cc1oc2ccc(I)cc2c1[S@](=O)C1CCCCC1.Cc1oc2ccc(I)cc2c1[S@](=O)C1CCCCC1. The second-order valence-corrected chi connectivity index (χ2v) is 16.2. The van der Waals surface area contributed by atoms with E-state index in [4.69, 9.17) is 8.83 Å². The smallest absolute Gasteiger partial charge is 0.135 e. The molecule has 0 bridgehead atoms. The quantitative estimate of drug-likeness (QED) is 0.194. The fourth-order valence-corrected chi connectivity index (χ4v) is 10.3. The van der Waals surface area contributed by atoms with Gasteiger partial charge in [-0.05, 0) is 121 Å². The summed E-state index contributed by atoms with van der Waals surface area (Å²) in [6.07, 6.45) is 11.8. The molecule has 4 aromatic rings. The molecule has 0 aliphatic heterocycles. The Morgan fingerprint density at radius 1 is 0.632 bits per heavy atom.